The van der Waals surface area contributed by atoms with Gasteiger partial charge in [-0.25, -0.2) is 9.78 Å². The fourth-order valence-corrected chi connectivity index (χ4v) is 4.28. The van der Waals surface area contributed by atoms with E-state index in [9.17, 15) is 4.79 Å². The van der Waals surface area contributed by atoms with Crippen LogP contribution in [0.4, 0.5) is 0 Å². The van der Waals surface area contributed by atoms with E-state index in [2.05, 4.69) is 33.5 Å². The summed E-state index contributed by atoms with van der Waals surface area (Å²) in [5, 5.41) is 0. The first-order chi connectivity index (χ1) is 13.2. The minimum absolute atomic E-state index is 0.00507. The number of nitrogens with one attached hydrogen (secondary N) is 1. The van der Waals surface area contributed by atoms with E-state index in [4.69, 9.17) is 4.98 Å². The summed E-state index contributed by atoms with van der Waals surface area (Å²) < 4.78 is 4.09. The molecule has 1 fully saturated rings. The fourth-order valence-electron chi connectivity index (χ4n) is 4.28. The molecule has 138 valence electrons. The summed E-state index contributed by atoms with van der Waals surface area (Å²) in [6.45, 7) is 4.91. The van der Waals surface area contributed by atoms with Crippen LogP contribution < -0.4 is 5.69 Å². The summed E-state index contributed by atoms with van der Waals surface area (Å²) in [4.78, 5) is 22.6. The summed E-state index contributed by atoms with van der Waals surface area (Å²) in [6.07, 6.45) is 4.10. The number of piperidine rings is 1. The lowest BCUT2D eigenvalue weighted by Crippen LogP contribution is -2.36. The van der Waals surface area contributed by atoms with Crippen LogP contribution >= 0.6 is 0 Å². The van der Waals surface area contributed by atoms with Crippen molar-refractivity contribution in [1.82, 2.24) is 23.8 Å². The number of para-hydroxylation sites is 2. The van der Waals surface area contributed by atoms with Crippen LogP contribution in [0.5, 0.6) is 0 Å². The molecule has 1 aliphatic heterocycles. The second-order valence-electron chi connectivity index (χ2n) is 7.45. The van der Waals surface area contributed by atoms with Crippen molar-refractivity contribution in [3.8, 4) is 0 Å². The van der Waals surface area contributed by atoms with Crippen LogP contribution in [0.15, 0.2) is 53.5 Å². The lowest BCUT2D eigenvalue weighted by atomic mass is 10.0. The number of rotatable bonds is 3. The number of fused-ring (bicyclic) bond motifs is 2. The quantitative estimate of drug-likeness (QED) is 0.610. The number of likely N-dealkylation sites (tertiary alicyclic amines) is 1. The predicted molar refractivity (Wildman–Crippen MR) is 106 cm³/mol. The molecule has 0 saturated carbocycles. The molecule has 1 saturated heterocycles. The smallest absolute Gasteiger partial charge is 0.306 e. The Morgan fingerprint density at radius 2 is 1.93 bits per heavy atom. The number of aromatic amines is 1. The zero-order chi connectivity index (χ0) is 18.4. The maximum absolute atomic E-state index is 12.4. The average Bonchev–Trinajstić information content (AvgIpc) is 3.23. The molecule has 1 aliphatic rings. The lowest BCUT2D eigenvalue weighted by molar-refractivity contribution is 0.178. The third-order valence-electron chi connectivity index (χ3n) is 5.68. The van der Waals surface area contributed by atoms with E-state index >= 15 is 0 Å². The van der Waals surface area contributed by atoms with Gasteiger partial charge in [-0.3, -0.25) is 9.47 Å². The zero-order valence-electron chi connectivity index (χ0n) is 15.4. The van der Waals surface area contributed by atoms with Crippen LogP contribution in [-0.2, 0) is 6.54 Å². The highest BCUT2D eigenvalue weighted by atomic mass is 16.1. The molecule has 0 aliphatic carbocycles. The maximum Gasteiger partial charge on any atom is 0.326 e. The number of imidazole rings is 2. The average molecular weight is 361 g/mol. The van der Waals surface area contributed by atoms with Crippen molar-refractivity contribution in [3.63, 3.8) is 0 Å². The third-order valence-corrected chi connectivity index (χ3v) is 5.68. The van der Waals surface area contributed by atoms with Gasteiger partial charge in [0.25, 0.3) is 0 Å². The number of hydrogen-bond acceptors (Lipinski definition) is 3. The van der Waals surface area contributed by atoms with Crippen molar-refractivity contribution in [1.29, 1.82) is 0 Å². The van der Waals surface area contributed by atoms with Gasteiger partial charge in [-0.2, -0.15) is 0 Å². The third kappa shape index (κ3) is 2.86. The van der Waals surface area contributed by atoms with Crippen LogP contribution in [0.1, 0.15) is 30.3 Å². The molecule has 1 aromatic carbocycles. The molecule has 0 radical (unpaired) electrons. The monoisotopic (exact) mass is 361 g/mol. The number of benzene rings is 1. The first-order valence-corrected chi connectivity index (χ1v) is 9.54. The Kier molecular flexibility index (Phi) is 3.86. The molecule has 0 spiro atoms. The Hall–Kier alpha value is -2.86. The van der Waals surface area contributed by atoms with Crippen LogP contribution in [0.3, 0.4) is 0 Å². The molecule has 0 atom stereocenters. The summed E-state index contributed by atoms with van der Waals surface area (Å²) in [5.74, 6) is 0. The molecule has 0 amide bonds. The maximum atomic E-state index is 12.4. The fraction of sp³-hybridized carbons (Fsp3) is 0.333. The van der Waals surface area contributed by atoms with Gasteiger partial charge in [0.15, 0.2) is 0 Å². The molecule has 0 bridgehead atoms. The summed E-state index contributed by atoms with van der Waals surface area (Å²) in [6, 6.07) is 14.4. The number of nitrogens with zero attached hydrogens (tertiary/aromatic N) is 4. The van der Waals surface area contributed by atoms with Crippen molar-refractivity contribution in [2.45, 2.75) is 32.4 Å². The van der Waals surface area contributed by atoms with Crippen LogP contribution in [0, 0.1) is 6.92 Å². The highest BCUT2D eigenvalue weighted by molar-refractivity contribution is 5.75. The van der Waals surface area contributed by atoms with Gasteiger partial charge in [0.2, 0.25) is 0 Å². The van der Waals surface area contributed by atoms with Gasteiger partial charge >= 0.3 is 5.69 Å². The molecule has 6 nitrogen and oxygen atoms in total. The van der Waals surface area contributed by atoms with E-state index in [1.807, 2.05) is 41.0 Å². The summed E-state index contributed by atoms with van der Waals surface area (Å²) >= 11 is 0. The number of H-pyrrole nitrogens is 1. The van der Waals surface area contributed by atoms with Crippen molar-refractivity contribution in [3.05, 3.63) is 70.5 Å². The van der Waals surface area contributed by atoms with Crippen LogP contribution in [-0.4, -0.2) is 36.9 Å². The van der Waals surface area contributed by atoms with Crippen molar-refractivity contribution in [2.24, 2.45) is 0 Å². The van der Waals surface area contributed by atoms with Gasteiger partial charge in [0, 0.05) is 37.6 Å². The molecular formula is C21H23N5O. The normalized spacial score (nSPS) is 16.5. The highest BCUT2D eigenvalue weighted by Crippen LogP contribution is 2.25. The van der Waals surface area contributed by atoms with Gasteiger partial charge in [-0.05, 0) is 44.0 Å². The van der Waals surface area contributed by atoms with Gasteiger partial charge in [-0.1, -0.05) is 18.2 Å². The number of pyridine rings is 1. The van der Waals surface area contributed by atoms with Crippen LogP contribution in [0.25, 0.3) is 16.7 Å². The molecule has 4 aromatic rings. The van der Waals surface area contributed by atoms with Crippen molar-refractivity contribution in [2.75, 3.05) is 13.1 Å². The van der Waals surface area contributed by atoms with Crippen molar-refractivity contribution < 1.29 is 0 Å². The van der Waals surface area contributed by atoms with Gasteiger partial charge in [-0.15, -0.1) is 0 Å². The zero-order valence-corrected chi connectivity index (χ0v) is 15.4. The van der Waals surface area contributed by atoms with Gasteiger partial charge in [0.1, 0.15) is 5.65 Å². The highest BCUT2D eigenvalue weighted by Gasteiger charge is 2.24. The predicted octanol–water partition coefficient (Wildman–Crippen LogP) is 3.12. The molecule has 1 N–H and O–H groups in total. The number of hydrogen-bond donors (Lipinski definition) is 1. The molecule has 6 heteroatoms. The SMILES string of the molecule is Cc1cccc2nc(CN3CCC(n4c(=O)[nH]c5ccccc54)CC3)cn12. The summed E-state index contributed by atoms with van der Waals surface area (Å²) in [7, 11) is 0. The second-order valence-corrected chi connectivity index (χ2v) is 7.45. The Balaban J connectivity index is 1.31. The van der Waals surface area contributed by atoms with Gasteiger partial charge in [0.05, 0.1) is 16.7 Å². The Labute approximate surface area is 157 Å². The number of aromatic nitrogens is 4. The Morgan fingerprint density at radius 1 is 1.11 bits per heavy atom. The minimum Gasteiger partial charge on any atom is -0.306 e. The Bertz CT molecular complexity index is 1160. The first-order valence-electron chi connectivity index (χ1n) is 9.54. The molecule has 4 heterocycles. The van der Waals surface area contributed by atoms with E-state index in [0.29, 0.717) is 0 Å². The minimum atomic E-state index is 0.00507. The first kappa shape index (κ1) is 16.3. The van der Waals surface area contributed by atoms with Gasteiger partial charge < -0.3 is 9.38 Å². The van der Waals surface area contributed by atoms with E-state index in [1.165, 1.54) is 5.69 Å². The van der Waals surface area contributed by atoms with Crippen molar-refractivity contribution >= 4 is 16.7 Å². The van der Waals surface area contributed by atoms with E-state index in [-0.39, 0.29) is 11.7 Å². The molecule has 0 unspecified atom stereocenters. The molecule has 3 aromatic heterocycles. The van der Waals surface area contributed by atoms with E-state index < -0.39 is 0 Å². The summed E-state index contributed by atoms with van der Waals surface area (Å²) in [5.41, 5.74) is 5.24. The molecular weight excluding hydrogens is 338 g/mol. The standard InChI is InChI=1S/C21H23N5O/c1-15-5-4-8-20-22-16(14-25(15)20)13-24-11-9-17(10-12-24)26-19-7-3-2-6-18(19)23-21(26)27/h2-8,14,17H,9-13H2,1H3,(H,23,27). The number of aryl methyl sites for hydroxylation is 1. The lowest BCUT2D eigenvalue weighted by Gasteiger charge is -2.32. The molecule has 5 rings (SSSR count). The van der Waals surface area contributed by atoms with E-state index in [1.54, 1.807) is 0 Å². The molecule has 27 heavy (non-hydrogen) atoms. The Morgan fingerprint density at radius 3 is 2.74 bits per heavy atom. The second kappa shape index (κ2) is 6.39. The van der Waals surface area contributed by atoms with E-state index in [0.717, 1.165) is 54.9 Å². The van der Waals surface area contributed by atoms with Crippen LogP contribution in [0.2, 0.25) is 0 Å². The topological polar surface area (TPSA) is 58.3 Å². The largest absolute Gasteiger partial charge is 0.326 e.